The van der Waals surface area contributed by atoms with Crippen LogP contribution >= 0.6 is 0 Å². The Bertz CT molecular complexity index is 1330. The highest BCUT2D eigenvalue weighted by atomic mass is 16.6. The number of allylic oxidation sites excluding steroid dienone is 1. The standard InChI is InChI=1S/C28H27NO4/c1-16(30)33-24-13-18(10-12-23(24)32-4)27-26-20(14-28(2,3)15-22(26)31)25-19-8-6-5-7-17(19)9-11-21(25)29-27/h5-13,27,29H,14-15H2,1-4H3/t27-/m1/s1. The van der Waals surface area contributed by atoms with Crippen molar-refractivity contribution in [2.75, 3.05) is 12.4 Å². The topological polar surface area (TPSA) is 64.6 Å². The minimum absolute atomic E-state index is 0.116. The van der Waals surface area contributed by atoms with E-state index in [1.165, 1.54) is 14.0 Å². The van der Waals surface area contributed by atoms with Crippen molar-refractivity contribution in [3.63, 3.8) is 0 Å². The van der Waals surface area contributed by atoms with Crippen molar-refractivity contribution in [1.82, 2.24) is 0 Å². The number of ether oxygens (including phenoxy) is 2. The minimum Gasteiger partial charge on any atom is -0.493 e. The fraction of sp³-hybridized carbons (Fsp3) is 0.286. The molecule has 1 heterocycles. The number of carbonyl (C=O) groups excluding carboxylic acids is 2. The molecule has 168 valence electrons. The number of hydrogen-bond donors (Lipinski definition) is 1. The van der Waals surface area contributed by atoms with E-state index in [0.717, 1.165) is 45.2 Å². The van der Waals surface area contributed by atoms with E-state index in [2.05, 4.69) is 43.4 Å². The van der Waals surface area contributed by atoms with Crippen molar-refractivity contribution in [3.8, 4) is 11.5 Å². The molecule has 1 aliphatic heterocycles. The second-order valence-corrected chi connectivity index (χ2v) is 9.62. The van der Waals surface area contributed by atoms with Crippen LogP contribution in [0.3, 0.4) is 0 Å². The molecule has 3 aromatic carbocycles. The number of anilines is 1. The predicted octanol–water partition coefficient (Wildman–Crippen LogP) is 6.08. The van der Waals surface area contributed by atoms with Gasteiger partial charge in [0.2, 0.25) is 0 Å². The first-order valence-corrected chi connectivity index (χ1v) is 11.2. The van der Waals surface area contributed by atoms with Crippen molar-refractivity contribution >= 4 is 33.8 Å². The van der Waals surface area contributed by atoms with Crippen LogP contribution in [0, 0.1) is 5.41 Å². The summed E-state index contributed by atoms with van der Waals surface area (Å²) in [5, 5.41) is 5.92. The van der Waals surface area contributed by atoms with Gasteiger partial charge < -0.3 is 14.8 Å². The van der Waals surface area contributed by atoms with E-state index in [1.54, 1.807) is 12.1 Å². The molecule has 3 aromatic rings. The van der Waals surface area contributed by atoms with Crippen molar-refractivity contribution in [2.45, 2.75) is 39.7 Å². The molecule has 2 aliphatic rings. The minimum atomic E-state index is -0.422. The monoisotopic (exact) mass is 441 g/mol. The lowest BCUT2D eigenvalue weighted by Crippen LogP contribution is -2.33. The van der Waals surface area contributed by atoms with Crippen LogP contribution in [0.25, 0.3) is 16.3 Å². The van der Waals surface area contributed by atoms with Gasteiger partial charge in [0.05, 0.1) is 13.2 Å². The van der Waals surface area contributed by atoms with E-state index in [4.69, 9.17) is 9.47 Å². The maximum atomic E-state index is 13.6. The molecule has 1 atom stereocenters. The van der Waals surface area contributed by atoms with Crippen LogP contribution in [0.1, 0.15) is 50.8 Å². The Labute approximate surface area is 193 Å². The highest BCUT2D eigenvalue weighted by molar-refractivity contribution is 6.12. The molecule has 0 radical (unpaired) electrons. The van der Waals surface area contributed by atoms with Gasteiger partial charge in [0.25, 0.3) is 0 Å². The van der Waals surface area contributed by atoms with Gasteiger partial charge in [-0.25, -0.2) is 0 Å². The lowest BCUT2D eigenvalue weighted by molar-refractivity contribution is -0.132. The largest absolute Gasteiger partial charge is 0.493 e. The molecule has 0 saturated carbocycles. The van der Waals surface area contributed by atoms with Crippen LogP contribution in [-0.2, 0) is 9.59 Å². The van der Waals surface area contributed by atoms with E-state index >= 15 is 0 Å². The van der Waals surface area contributed by atoms with Gasteiger partial charge in [-0.1, -0.05) is 50.2 Å². The Morgan fingerprint density at radius 3 is 2.58 bits per heavy atom. The van der Waals surface area contributed by atoms with Crippen LogP contribution in [0.4, 0.5) is 5.69 Å². The Morgan fingerprint density at radius 2 is 1.82 bits per heavy atom. The predicted molar refractivity (Wildman–Crippen MR) is 130 cm³/mol. The molecule has 0 spiro atoms. The van der Waals surface area contributed by atoms with Gasteiger partial charge in [-0.05, 0) is 51.9 Å². The van der Waals surface area contributed by atoms with Crippen LogP contribution in [0.2, 0.25) is 0 Å². The summed E-state index contributed by atoms with van der Waals surface area (Å²) in [7, 11) is 1.54. The van der Waals surface area contributed by atoms with Crippen molar-refractivity contribution in [2.24, 2.45) is 5.41 Å². The third-order valence-electron chi connectivity index (χ3n) is 6.51. The number of benzene rings is 3. The summed E-state index contributed by atoms with van der Waals surface area (Å²) in [5.41, 5.74) is 4.77. The smallest absolute Gasteiger partial charge is 0.308 e. The second-order valence-electron chi connectivity index (χ2n) is 9.62. The SMILES string of the molecule is COc1ccc([C@H]2Nc3ccc4ccccc4c3C3=C2C(=O)CC(C)(C)C3)cc1OC(C)=O. The van der Waals surface area contributed by atoms with Gasteiger partial charge in [0.1, 0.15) is 0 Å². The quantitative estimate of drug-likeness (QED) is 0.394. The summed E-state index contributed by atoms with van der Waals surface area (Å²) in [6.07, 6.45) is 1.32. The zero-order chi connectivity index (χ0) is 23.3. The van der Waals surface area contributed by atoms with Gasteiger partial charge in [-0.15, -0.1) is 0 Å². The van der Waals surface area contributed by atoms with Crippen molar-refractivity contribution in [1.29, 1.82) is 0 Å². The summed E-state index contributed by atoms with van der Waals surface area (Å²) in [6.45, 7) is 5.67. The first-order valence-electron chi connectivity index (χ1n) is 11.2. The Balaban J connectivity index is 1.73. The Morgan fingerprint density at radius 1 is 1.03 bits per heavy atom. The first kappa shape index (κ1) is 21.3. The first-order chi connectivity index (χ1) is 15.8. The number of ketones is 1. The number of esters is 1. The molecule has 0 bridgehead atoms. The highest BCUT2D eigenvalue weighted by Gasteiger charge is 2.41. The van der Waals surface area contributed by atoms with Crippen molar-refractivity contribution in [3.05, 3.63) is 71.3 Å². The molecular formula is C28H27NO4. The van der Waals surface area contributed by atoms with Gasteiger partial charge in [-0.2, -0.15) is 0 Å². The molecule has 5 rings (SSSR count). The summed E-state index contributed by atoms with van der Waals surface area (Å²) in [5.74, 6) is 0.553. The van der Waals surface area contributed by atoms with Gasteiger partial charge in [-0.3, -0.25) is 9.59 Å². The number of carbonyl (C=O) groups is 2. The van der Waals surface area contributed by atoms with Crippen molar-refractivity contribution < 1.29 is 19.1 Å². The fourth-order valence-corrected chi connectivity index (χ4v) is 5.19. The molecule has 0 saturated heterocycles. The summed E-state index contributed by atoms with van der Waals surface area (Å²) >= 11 is 0. The van der Waals surface area contributed by atoms with E-state index in [1.807, 2.05) is 18.2 Å². The second kappa shape index (κ2) is 7.77. The zero-order valence-corrected chi connectivity index (χ0v) is 19.3. The summed E-state index contributed by atoms with van der Waals surface area (Å²) < 4.78 is 10.8. The van der Waals surface area contributed by atoms with E-state index < -0.39 is 5.97 Å². The van der Waals surface area contributed by atoms with Crippen LogP contribution < -0.4 is 14.8 Å². The third kappa shape index (κ3) is 3.67. The van der Waals surface area contributed by atoms with Crippen LogP contribution in [-0.4, -0.2) is 18.9 Å². The van der Waals surface area contributed by atoms with Crippen LogP contribution in [0.15, 0.2) is 60.2 Å². The molecule has 5 nitrogen and oxygen atoms in total. The highest BCUT2D eigenvalue weighted by Crippen LogP contribution is 2.52. The van der Waals surface area contributed by atoms with Gasteiger partial charge >= 0.3 is 5.97 Å². The average molecular weight is 442 g/mol. The average Bonchev–Trinajstić information content (AvgIpc) is 2.76. The molecule has 33 heavy (non-hydrogen) atoms. The fourth-order valence-electron chi connectivity index (χ4n) is 5.19. The van der Waals surface area contributed by atoms with Gasteiger partial charge in [0, 0.05) is 30.2 Å². The molecule has 0 aromatic heterocycles. The lowest BCUT2D eigenvalue weighted by atomic mass is 9.68. The molecule has 0 unspecified atom stereocenters. The number of rotatable bonds is 3. The molecular weight excluding hydrogens is 414 g/mol. The van der Waals surface area contributed by atoms with E-state index in [9.17, 15) is 9.59 Å². The van der Waals surface area contributed by atoms with Crippen LogP contribution in [0.5, 0.6) is 11.5 Å². The Kier molecular flexibility index (Phi) is 5.00. The number of fused-ring (bicyclic) bond motifs is 4. The molecule has 1 aliphatic carbocycles. The maximum absolute atomic E-state index is 13.6. The number of Topliss-reactive ketones (excluding diaryl/α,β-unsaturated/α-hetero) is 1. The Hall–Kier alpha value is -3.60. The molecule has 5 heteroatoms. The molecule has 0 fully saturated rings. The maximum Gasteiger partial charge on any atom is 0.308 e. The number of methoxy groups -OCH3 is 1. The molecule has 1 N–H and O–H groups in total. The summed E-state index contributed by atoms with van der Waals surface area (Å²) in [6, 6.07) is 17.7. The van der Waals surface area contributed by atoms with Gasteiger partial charge in [0.15, 0.2) is 17.3 Å². The van der Waals surface area contributed by atoms with E-state index in [-0.39, 0.29) is 17.2 Å². The number of nitrogens with one attached hydrogen (secondary N) is 1. The number of hydrogen-bond acceptors (Lipinski definition) is 5. The normalized spacial score (nSPS) is 18.9. The zero-order valence-electron chi connectivity index (χ0n) is 19.3. The molecule has 0 amide bonds. The lowest BCUT2D eigenvalue weighted by Gasteiger charge is -2.40. The van der Waals surface area contributed by atoms with E-state index in [0.29, 0.717) is 17.9 Å². The summed E-state index contributed by atoms with van der Waals surface area (Å²) in [4.78, 5) is 25.2. The third-order valence-corrected chi connectivity index (χ3v) is 6.51.